The molecule has 0 spiro atoms. The Bertz CT molecular complexity index is 386. The summed E-state index contributed by atoms with van der Waals surface area (Å²) in [6, 6.07) is 0.317. The summed E-state index contributed by atoms with van der Waals surface area (Å²) >= 11 is 0. The van der Waals surface area contributed by atoms with E-state index in [1.54, 1.807) is 0 Å². The average molecular weight is 296 g/mol. The zero-order valence-electron chi connectivity index (χ0n) is 13.4. The molecule has 0 bridgehead atoms. The molecule has 1 heterocycles. The molecule has 0 aromatic carbocycles. The highest BCUT2D eigenvalue weighted by molar-refractivity contribution is 5.78. The fourth-order valence-corrected chi connectivity index (χ4v) is 3.83. The second-order valence-corrected chi connectivity index (χ2v) is 7.06. The van der Waals surface area contributed by atoms with Crippen molar-refractivity contribution in [1.82, 2.24) is 5.32 Å². The van der Waals surface area contributed by atoms with Gasteiger partial charge in [-0.2, -0.15) is 0 Å². The first kappa shape index (κ1) is 16.3. The van der Waals surface area contributed by atoms with Crippen LogP contribution in [0.5, 0.6) is 0 Å². The Balaban J connectivity index is 1.80. The van der Waals surface area contributed by atoms with Crippen LogP contribution in [0.1, 0.15) is 46.0 Å². The minimum absolute atomic E-state index is 0.0600. The lowest BCUT2D eigenvalue weighted by atomic mass is 9.78. The van der Waals surface area contributed by atoms with E-state index < -0.39 is 0 Å². The number of amides is 2. The molecule has 4 N–H and O–H groups in total. The summed E-state index contributed by atoms with van der Waals surface area (Å²) in [6.07, 6.45) is 5.42. The molecule has 0 aromatic rings. The highest BCUT2D eigenvalue weighted by Crippen LogP contribution is 2.29. The van der Waals surface area contributed by atoms with E-state index in [9.17, 15) is 9.59 Å². The van der Waals surface area contributed by atoms with Gasteiger partial charge in [0.15, 0.2) is 6.54 Å². The lowest BCUT2D eigenvalue weighted by Gasteiger charge is -2.35. The van der Waals surface area contributed by atoms with E-state index in [4.69, 9.17) is 5.73 Å². The molecule has 5 nitrogen and oxygen atoms in total. The minimum atomic E-state index is -0.220. The topological polar surface area (TPSA) is 76.6 Å². The maximum absolute atomic E-state index is 12.3. The molecular formula is C16H30N3O2+. The molecule has 1 unspecified atom stereocenters. The number of quaternary nitrogens is 1. The quantitative estimate of drug-likeness (QED) is 0.666. The molecule has 1 aliphatic carbocycles. The predicted molar refractivity (Wildman–Crippen MR) is 81.6 cm³/mol. The second-order valence-electron chi connectivity index (χ2n) is 7.06. The molecule has 2 fully saturated rings. The number of rotatable bonds is 4. The number of hydrogen-bond acceptors (Lipinski definition) is 2. The van der Waals surface area contributed by atoms with Crippen LogP contribution in [0, 0.1) is 17.8 Å². The van der Waals surface area contributed by atoms with Crippen molar-refractivity contribution < 1.29 is 14.5 Å². The van der Waals surface area contributed by atoms with Gasteiger partial charge >= 0.3 is 0 Å². The van der Waals surface area contributed by atoms with Gasteiger partial charge in [-0.25, -0.2) is 0 Å². The first-order valence-electron chi connectivity index (χ1n) is 8.39. The van der Waals surface area contributed by atoms with E-state index in [0.717, 1.165) is 25.8 Å². The first-order valence-corrected chi connectivity index (χ1v) is 8.39. The number of piperidine rings is 1. The number of hydrogen-bond donors (Lipinski definition) is 3. The number of nitrogens with one attached hydrogen (secondary N) is 2. The van der Waals surface area contributed by atoms with Crippen molar-refractivity contribution in [3.63, 3.8) is 0 Å². The molecule has 120 valence electrons. The third-order valence-corrected chi connectivity index (χ3v) is 5.48. The zero-order valence-corrected chi connectivity index (χ0v) is 13.4. The van der Waals surface area contributed by atoms with Crippen LogP contribution < -0.4 is 16.0 Å². The summed E-state index contributed by atoms with van der Waals surface area (Å²) in [7, 11) is 0. The summed E-state index contributed by atoms with van der Waals surface area (Å²) < 4.78 is 0. The van der Waals surface area contributed by atoms with Gasteiger partial charge in [-0.1, -0.05) is 26.7 Å². The van der Waals surface area contributed by atoms with E-state index in [-0.39, 0.29) is 17.7 Å². The fourth-order valence-electron chi connectivity index (χ4n) is 3.83. The number of nitrogens with two attached hydrogens (primary N) is 1. The molecule has 2 amide bonds. The Morgan fingerprint density at radius 1 is 1.19 bits per heavy atom. The van der Waals surface area contributed by atoms with Crippen LogP contribution >= 0.6 is 0 Å². The van der Waals surface area contributed by atoms with Crippen LogP contribution in [0.25, 0.3) is 0 Å². The Morgan fingerprint density at radius 3 is 2.67 bits per heavy atom. The standard InChI is InChI=1S/C16H29N3O2/c1-11-5-3-7-14(12(11)2)18-15(20)10-19-8-4-6-13(9-19)16(17)21/h11-14H,3-10H2,1-2H3,(H2,17,21)(H,18,20)/p+1/t11-,12+,13-,14-/m0/s1. The second kappa shape index (κ2) is 7.25. The molecule has 5 heteroatoms. The van der Waals surface area contributed by atoms with Gasteiger partial charge in [0, 0.05) is 6.04 Å². The van der Waals surface area contributed by atoms with Crippen LogP contribution in [0.4, 0.5) is 0 Å². The zero-order chi connectivity index (χ0) is 15.4. The van der Waals surface area contributed by atoms with Crippen molar-refractivity contribution in [3.05, 3.63) is 0 Å². The monoisotopic (exact) mass is 296 g/mol. The molecule has 2 rings (SSSR count). The molecule has 0 aromatic heterocycles. The summed E-state index contributed by atoms with van der Waals surface area (Å²) in [5, 5.41) is 3.21. The summed E-state index contributed by atoms with van der Waals surface area (Å²) in [5.74, 6) is 1.08. The van der Waals surface area contributed by atoms with Gasteiger partial charge in [0.2, 0.25) is 5.91 Å². The number of primary amides is 1. The summed E-state index contributed by atoms with van der Waals surface area (Å²) in [5.41, 5.74) is 5.39. The highest BCUT2D eigenvalue weighted by atomic mass is 16.2. The van der Waals surface area contributed by atoms with E-state index >= 15 is 0 Å². The van der Waals surface area contributed by atoms with Gasteiger partial charge in [0.25, 0.3) is 5.91 Å². The average Bonchev–Trinajstić information content (AvgIpc) is 2.44. The molecule has 5 atom stereocenters. The van der Waals surface area contributed by atoms with E-state index in [0.29, 0.717) is 31.0 Å². The Hall–Kier alpha value is -1.10. The van der Waals surface area contributed by atoms with Crippen LogP contribution in [0.2, 0.25) is 0 Å². The van der Waals surface area contributed by atoms with Gasteiger partial charge in [-0.05, 0) is 31.1 Å². The number of likely N-dealkylation sites (tertiary alicyclic amines) is 1. The largest absolute Gasteiger partial charge is 0.369 e. The molecule has 1 aliphatic heterocycles. The molecule has 1 saturated carbocycles. The third-order valence-electron chi connectivity index (χ3n) is 5.48. The van der Waals surface area contributed by atoms with Crippen molar-refractivity contribution in [3.8, 4) is 0 Å². The van der Waals surface area contributed by atoms with Gasteiger partial charge in [0.05, 0.1) is 19.0 Å². The fraction of sp³-hybridized carbons (Fsp3) is 0.875. The van der Waals surface area contributed by atoms with E-state index in [1.165, 1.54) is 17.7 Å². The lowest BCUT2D eigenvalue weighted by Crippen LogP contribution is -3.15. The van der Waals surface area contributed by atoms with Gasteiger partial charge in [0.1, 0.15) is 0 Å². The van der Waals surface area contributed by atoms with Crippen LogP contribution in [0.15, 0.2) is 0 Å². The van der Waals surface area contributed by atoms with Crippen LogP contribution in [-0.2, 0) is 9.59 Å². The molecule has 2 aliphatic rings. The predicted octanol–water partition coefficient (Wildman–Crippen LogP) is -0.292. The maximum atomic E-state index is 12.3. The van der Waals surface area contributed by atoms with Gasteiger partial charge < -0.3 is 16.0 Å². The van der Waals surface area contributed by atoms with Crippen LogP contribution in [0.3, 0.4) is 0 Å². The molecule has 0 radical (unpaired) electrons. The molecule has 1 saturated heterocycles. The number of carbonyl (C=O) groups excluding carboxylic acids is 2. The summed E-state index contributed by atoms with van der Waals surface area (Å²) in [6.45, 7) is 6.66. The summed E-state index contributed by atoms with van der Waals surface area (Å²) in [4.78, 5) is 24.7. The number of carbonyl (C=O) groups is 2. The van der Waals surface area contributed by atoms with Crippen molar-refractivity contribution in [2.45, 2.75) is 52.0 Å². The van der Waals surface area contributed by atoms with Crippen molar-refractivity contribution >= 4 is 11.8 Å². The SMILES string of the molecule is C[C@H]1[C@@H](NC(=O)C[NH+]2CCC[C@H](C(N)=O)C2)CCC[C@@H]1C. The van der Waals surface area contributed by atoms with Crippen molar-refractivity contribution in [2.75, 3.05) is 19.6 Å². The molecular weight excluding hydrogens is 266 g/mol. The maximum Gasteiger partial charge on any atom is 0.275 e. The van der Waals surface area contributed by atoms with E-state index in [2.05, 4.69) is 19.2 Å². The lowest BCUT2D eigenvalue weighted by molar-refractivity contribution is -0.899. The first-order chi connectivity index (χ1) is 9.97. The minimum Gasteiger partial charge on any atom is -0.369 e. The normalized spacial score (nSPS) is 37.0. The van der Waals surface area contributed by atoms with Crippen molar-refractivity contribution in [2.24, 2.45) is 23.5 Å². The highest BCUT2D eigenvalue weighted by Gasteiger charge is 2.31. The Labute approximate surface area is 127 Å². The van der Waals surface area contributed by atoms with Gasteiger partial charge in [-0.15, -0.1) is 0 Å². The third kappa shape index (κ3) is 4.43. The van der Waals surface area contributed by atoms with Crippen molar-refractivity contribution in [1.29, 1.82) is 0 Å². The van der Waals surface area contributed by atoms with Crippen LogP contribution in [-0.4, -0.2) is 37.5 Å². The molecule has 21 heavy (non-hydrogen) atoms. The Morgan fingerprint density at radius 2 is 1.95 bits per heavy atom. The van der Waals surface area contributed by atoms with Gasteiger partial charge in [-0.3, -0.25) is 9.59 Å². The Kier molecular flexibility index (Phi) is 5.62. The van der Waals surface area contributed by atoms with E-state index in [1.807, 2.05) is 0 Å². The smallest absolute Gasteiger partial charge is 0.275 e.